The van der Waals surface area contributed by atoms with Gasteiger partial charge in [-0.1, -0.05) is 6.07 Å². The van der Waals surface area contributed by atoms with Crippen LogP contribution in [0.25, 0.3) is 10.8 Å². The lowest BCUT2D eigenvalue weighted by Crippen LogP contribution is -2.01. The lowest BCUT2D eigenvalue weighted by atomic mass is 10.1. The molecule has 0 atom stereocenters. The number of anilines is 1. The fraction of sp³-hybridized carbons (Fsp3) is 0. The maximum Gasteiger partial charge on any atom is 0.248 e. The lowest BCUT2D eigenvalue weighted by molar-refractivity contribution is 1.27. The van der Waals surface area contributed by atoms with Crippen molar-refractivity contribution < 1.29 is 0 Å². The molecule has 0 spiro atoms. The topological polar surface area (TPSA) is 58.9 Å². The van der Waals surface area contributed by atoms with E-state index >= 15 is 0 Å². The van der Waals surface area contributed by atoms with Crippen LogP contribution < -0.4 is 11.3 Å². The van der Waals surface area contributed by atoms with Gasteiger partial charge in [-0.15, -0.1) is 0 Å². The molecule has 0 bridgehead atoms. The number of nitrogen functional groups attached to an aromatic ring is 1. The molecule has 60 valence electrons. The molecule has 1 aromatic carbocycles. The van der Waals surface area contributed by atoms with Crippen molar-refractivity contribution in [3.8, 4) is 0 Å². The zero-order valence-corrected chi connectivity index (χ0v) is 6.37. The number of hydrogen-bond donors (Lipinski definition) is 2. The molecule has 0 saturated heterocycles. The Balaban J connectivity index is 2.87. The number of aromatic amines is 1. The van der Waals surface area contributed by atoms with Gasteiger partial charge in [0.2, 0.25) is 5.56 Å². The Hall–Kier alpha value is -1.77. The summed E-state index contributed by atoms with van der Waals surface area (Å²) in [4.78, 5) is 13.5. The van der Waals surface area contributed by atoms with Crippen molar-refractivity contribution in [2.24, 2.45) is 0 Å². The Morgan fingerprint density at radius 1 is 1.17 bits per heavy atom. The van der Waals surface area contributed by atoms with Crippen LogP contribution in [0.15, 0.2) is 35.3 Å². The van der Waals surface area contributed by atoms with E-state index in [9.17, 15) is 4.79 Å². The molecule has 3 N–H and O–H groups in total. The fourth-order valence-corrected chi connectivity index (χ4v) is 1.18. The largest absolute Gasteiger partial charge is 0.399 e. The summed E-state index contributed by atoms with van der Waals surface area (Å²) in [7, 11) is 0. The van der Waals surface area contributed by atoms with E-state index in [0.717, 1.165) is 10.8 Å². The van der Waals surface area contributed by atoms with Crippen molar-refractivity contribution in [1.29, 1.82) is 0 Å². The van der Waals surface area contributed by atoms with Crippen molar-refractivity contribution in [3.05, 3.63) is 40.8 Å². The molecule has 0 aliphatic heterocycles. The summed E-state index contributed by atoms with van der Waals surface area (Å²) < 4.78 is 0. The number of benzene rings is 1. The molecule has 2 rings (SSSR count). The predicted molar refractivity (Wildman–Crippen MR) is 49.0 cm³/mol. The summed E-state index contributed by atoms with van der Waals surface area (Å²) in [5.41, 5.74) is 6.18. The van der Waals surface area contributed by atoms with E-state index < -0.39 is 0 Å². The van der Waals surface area contributed by atoms with Crippen molar-refractivity contribution in [2.45, 2.75) is 0 Å². The SMILES string of the molecule is Nc1ccc2cc(=O)[nH]cc2c1. The lowest BCUT2D eigenvalue weighted by Gasteiger charge is -1.96. The molecule has 2 aromatic rings. The van der Waals surface area contributed by atoms with Crippen LogP contribution in [-0.4, -0.2) is 4.98 Å². The average molecular weight is 160 g/mol. The van der Waals surface area contributed by atoms with Crippen LogP contribution in [0.5, 0.6) is 0 Å². The minimum atomic E-state index is -0.0905. The maximum absolute atomic E-state index is 10.9. The second-order valence-corrected chi connectivity index (χ2v) is 2.69. The van der Waals surface area contributed by atoms with E-state index in [0.29, 0.717) is 5.69 Å². The number of H-pyrrole nitrogens is 1. The predicted octanol–water partition coefficient (Wildman–Crippen LogP) is 1.11. The first-order valence-corrected chi connectivity index (χ1v) is 3.64. The van der Waals surface area contributed by atoms with Gasteiger partial charge >= 0.3 is 0 Å². The van der Waals surface area contributed by atoms with Crippen LogP contribution in [0.4, 0.5) is 5.69 Å². The van der Waals surface area contributed by atoms with Gasteiger partial charge in [-0.3, -0.25) is 4.79 Å². The van der Waals surface area contributed by atoms with Gasteiger partial charge in [0.05, 0.1) is 0 Å². The van der Waals surface area contributed by atoms with Gasteiger partial charge in [-0.2, -0.15) is 0 Å². The number of rotatable bonds is 0. The van der Waals surface area contributed by atoms with Crippen molar-refractivity contribution in [3.63, 3.8) is 0 Å². The Bertz CT molecular complexity index is 473. The van der Waals surface area contributed by atoms with Gasteiger partial charge in [-0.05, 0) is 17.5 Å². The molecule has 3 heteroatoms. The summed E-state index contributed by atoms with van der Waals surface area (Å²) in [6, 6.07) is 6.99. The Morgan fingerprint density at radius 2 is 2.00 bits per heavy atom. The van der Waals surface area contributed by atoms with E-state index in [2.05, 4.69) is 4.98 Å². The zero-order valence-electron chi connectivity index (χ0n) is 6.37. The monoisotopic (exact) mass is 160 g/mol. The van der Waals surface area contributed by atoms with Gasteiger partial charge in [0.1, 0.15) is 0 Å². The third kappa shape index (κ3) is 1.05. The molecular weight excluding hydrogens is 152 g/mol. The number of pyridine rings is 1. The van der Waals surface area contributed by atoms with Crippen LogP contribution in [-0.2, 0) is 0 Å². The van der Waals surface area contributed by atoms with Gasteiger partial charge < -0.3 is 10.7 Å². The molecule has 1 aromatic heterocycles. The van der Waals surface area contributed by atoms with Crippen LogP contribution in [0.1, 0.15) is 0 Å². The third-order valence-corrected chi connectivity index (χ3v) is 1.77. The highest BCUT2D eigenvalue weighted by atomic mass is 16.1. The van der Waals surface area contributed by atoms with Crippen LogP contribution in [0, 0.1) is 0 Å². The van der Waals surface area contributed by atoms with Gasteiger partial charge in [0.25, 0.3) is 0 Å². The minimum absolute atomic E-state index is 0.0905. The summed E-state index contributed by atoms with van der Waals surface area (Å²) in [6.07, 6.45) is 1.66. The summed E-state index contributed by atoms with van der Waals surface area (Å²) in [5.74, 6) is 0. The van der Waals surface area contributed by atoms with Gasteiger partial charge in [0.15, 0.2) is 0 Å². The Kier molecular flexibility index (Phi) is 1.37. The maximum atomic E-state index is 10.9. The van der Waals surface area contributed by atoms with E-state index in [-0.39, 0.29) is 5.56 Å². The highest BCUT2D eigenvalue weighted by molar-refractivity contribution is 5.84. The smallest absolute Gasteiger partial charge is 0.248 e. The fourth-order valence-electron chi connectivity index (χ4n) is 1.18. The van der Waals surface area contributed by atoms with E-state index in [1.165, 1.54) is 0 Å². The molecule has 0 unspecified atom stereocenters. The average Bonchev–Trinajstić information content (AvgIpc) is 2.05. The quantitative estimate of drug-likeness (QED) is 0.567. The Morgan fingerprint density at radius 3 is 2.83 bits per heavy atom. The zero-order chi connectivity index (χ0) is 8.55. The molecule has 12 heavy (non-hydrogen) atoms. The van der Waals surface area contributed by atoms with E-state index in [4.69, 9.17) is 5.73 Å². The standard InChI is InChI=1S/C9H8N2O/c10-8-2-1-6-4-9(12)11-5-7(6)3-8/h1-5H,10H2,(H,11,12). The van der Waals surface area contributed by atoms with E-state index in [1.807, 2.05) is 12.1 Å². The molecule has 0 aliphatic carbocycles. The minimum Gasteiger partial charge on any atom is -0.399 e. The molecule has 0 fully saturated rings. The summed E-state index contributed by atoms with van der Waals surface area (Å²) in [6.45, 7) is 0. The van der Waals surface area contributed by atoms with Gasteiger partial charge in [0, 0.05) is 23.3 Å². The molecule has 1 heterocycles. The molecule has 0 aliphatic rings. The van der Waals surface area contributed by atoms with Crippen LogP contribution in [0.3, 0.4) is 0 Å². The van der Waals surface area contributed by atoms with Gasteiger partial charge in [-0.25, -0.2) is 0 Å². The molecular formula is C9H8N2O. The summed E-state index contributed by atoms with van der Waals surface area (Å²) >= 11 is 0. The van der Waals surface area contributed by atoms with E-state index in [1.54, 1.807) is 18.3 Å². The summed E-state index contributed by atoms with van der Waals surface area (Å²) in [5, 5.41) is 1.86. The third-order valence-electron chi connectivity index (χ3n) is 1.77. The molecule has 0 amide bonds. The molecule has 0 saturated carbocycles. The number of aromatic nitrogens is 1. The first kappa shape index (κ1) is 6.91. The second kappa shape index (κ2) is 2.37. The van der Waals surface area contributed by atoms with Crippen LogP contribution in [0.2, 0.25) is 0 Å². The first-order chi connectivity index (χ1) is 5.75. The Labute approximate surface area is 68.8 Å². The number of hydrogen-bond acceptors (Lipinski definition) is 2. The highest BCUT2D eigenvalue weighted by Crippen LogP contribution is 2.13. The highest BCUT2D eigenvalue weighted by Gasteiger charge is 1.93. The number of fused-ring (bicyclic) bond motifs is 1. The number of nitrogens with two attached hydrogens (primary N) is 1. The van der Waals surface area contributed by atoms with Crippen molar-refractivity contribution in [2.75, 3.05) is 5.73 Å². The van der Waals surface area contributed by atoms with Crippen molar-refractivity contribution in [1.82, 2.24) is 4.98 Å². The first-order valence-electron chi connectivity index (χ1n) is 3.64. The number of nitrogens with one attached hydrogen (secondary N) is 1. The van der Waals surface area contributed by atoms with Crippen molar-refractivity contribution >= 4 is 16.5 Å². The molecule has 3 nitrogen and oxygen atoms in total. The normalized spacial score (nSPS) is 10.3. The molecule has 0 radical (unpaired) electrons. The second-order valence-electron chi connectivity index (χ2n) is 2.69. The van der Waals surface area contributed by atoms with Crippen LogP contribution >= 0.6 is 0 Å².